The maximum atomic E-state index is 12.0. The molecule has 0 bridgehead atoms. The Labute approximate surface area is 190 Å². The summed E-state index contributed by atoms with van der Waals surface area (Å²) < 4.78 is 5.94. The molecule has 6 nitrogen and oxygen atoms in total. The van der Waals surface area contributed by atoms with Gasteiger partial charge in [-0.1, -0.05) is 77.6 Å². The minimum absolute atomic E-state index is 0.160. The quantitative estimate of drug-likeness (QED) is 0.142. The van der Waals surface area contributed by atoms with Crippen LogP contribution < -0.4 is 0 Å². The molecule has 0 saturated carbocycles. The van der Waals surface area contributed by atoms with E-state index in [9.17, 15) is 14.7 Å². The highest BCUT2D eigenvalue weighted by atomic mass is 16.5. The summed E-state index contributed by atoms with van der Waals surface area (Å²) in [5.41, 5.74) is 0. The van der Waals surface area contributed by atoms with Gasteiger partial charge in [-0.2, -0.15) is 0 Å². The minimum atomic E-state index is -0.952. The Kier molecular flexibility index (Phi) is 17.8. The monoisotopic (exact) mass is 444 g/mol. The summed E-state index contributed by atoms with van der Waals surface area (Å²) >= 11 is 0. The molecule has 0 aliphatic rings. The van der Waals surface area contributed by atoms with Crippen molar-refractivity contribution in [3.8, 4) is 0 Å². The molecule has 0 amide bonds. The molecule has 184 valence electrons. The minimum Gasteiger partial charge on any atom is -0.481 e. The molecule has 0 fully saturated rings. The van der Waals surface area contributed by atoms with E-state index in [2.05, 4.69) is 6.92 Å². The highest BCUT2D eigenvalue weighted by molar-refractivity contribution is 5.71. The van der Waals surface area contributed by atoms with Crippen LogP contribution in [0.25, 0.3) is 0 Å². The Balaban J connectivity index is 3.72. The number of hydrogen-bond acceptors (Lipinski definition) is 4. The summed E-state index contributed by atoms with van der Waals surface area (Å²) in [5.74, 6) is -1.28. The zero-order chi connectivity index (χ0) is 23.5. The smallest absolute Gasteiger partial charge is 0.307 e. The first-order chi connectivity index (χ1) is 14.6. The number of aliphatic hydroxyl groups excluding tert-OH is 1. The molecule has 0 aliphatic carbocycles. The van der Waals surface area contributed by atoms with Crippen molar-refractivity contribution in [1.82, 2.24) is 0 Å². The second-order valence-corrected chi connectivity index (χ2v) is 10.1. The first-order valence-electron chi connectivity index (χ1n) is 12.5. The van der Waals surface area contributed by atoms with E-state index in [1.807, 2.05) is 21.1 Å². The summed E-state index contributed by atoms with van der Waals surface area (Å²) in [6, 6.07) is 0. The number of rotatable bonds is 21. The van der Waals surface area contributed by atoms with Crippen molar-refractivity contribution in [3.05, 3.63) is 0 Å². The van der Waals surface area contributed by atoms with Crippen molar-refractivity contribution < 1.29 is 29.0 Å². The van der Waals surface area contributed by atoms with Crippen LogP contribution in [0.2, 0.25) is 0 Å². The van der Waals surface area contributed by atoms with Gasteiger partial charge in [0.2, 0.25) is 0 Å². The highest BCUT2D eigenvalue weighted by Gasteiger charge is 2.24. The number of nitrogens with zero attached hydrogens (tertiary/aromatic N) is 1. The zero-order valence-corrected chi connectivity index (χ0v) is 20.7. The van der Waals surface area contributed by atoms with Gasteiger partial charge in [-0.3, -0.25) is 9.59 Å². The Morgan fingerprint density at radius 2 is 1.29 bits per heavy atom. The predicted molar refractivity (Wildman–Crippen MR) is 126 cm³/mol. The van der Waals surface area contributed by atoms with Crippen molar-refractivity contribution in [2.24, 2.45) is 0 Å². The van der Waals surface area contributed by atoms with E-state index in [-0.39, 0.29) is 18.5 Å². The van der Waals surface area contributed by atoms with E-state index in [1.165, 1.54) is 51.4 Å². The molecule has 0 aromatic rings. The van der Waals surface area contributed by atoms with Gasteiger partial charge in [0.25, 0.3) is 0 Å². The first kappa shape index (κ1) is 29.9. The number of quaternary nitrogens is 1. The molecule has 0 spiro atoms. The number of hydrogen-bond donors (Lipinski definition) is 2. The van der Waals surface area contributed by atoms with Crippen LogP contribution in [0.5, 0.6) is 0 Å². The first-order valence-corrected chi connectivity index (χ1v) is 12.5. The molecule has 0 heterocycles. The van der Waals surface area contributed by atoms with Crippen molar-refractivity contribution >= 4 is 11.9 Å². The fourth-order valence-electron chi connectivity index (χ4n) is 3.86. The third kappa shape index (κ3) is 21.9. The van der Waals surface area contributed by atoms with E-state index >= 15 is 0 Å². The molecule has 0 saturated heterocycles. The summed E-state index contributed by atoms with van der Waals surface area (Å²) in [4.78, 5) is 23.0. The average molecular weight is 445 g/mol. The molecule has 0 aromatic carbocycles. The topological polar surface area (TPSA) is 83.8 Å². The molecule has 6 heteroatoms. The molecule has 0 aliphatic heterocycles. The molecule has 31 heavy (non-hydrogen) atoms. The van der Waals surface area contributed by atoms with E-state index in [4.69, 9.17) is 9.84 Å². The largest absolute Gasteiger partial charge is 0.481 e. The molecular formula is C25H50NO5+. The number of esters is 1. The van der Waals surface area contributed by atoms with Gasteiger partial charge in [0, 0.05) is 6.42 Å². The second kappa shape index (κ2) is 18.4. The van der Waals surface area contributed by atoms with Crippen LogP contribution in [0, 0.1) is 0 Å². The van der Waals surface area contributed by atoms with Gasteiger partial charge in [-0.05, 0) is 19.3 Å². The van der Waals surface area contributed by atoms with E-state index in [0.717, 1.165) is 32.1 Å². The van der Waals surface area contributed by atoms with Crippen LogP contribution in [0.3, 0.4) is 0 Å². The van der Waals surface area contributed by atoms with Gasteiger partial charge in [0.1, 0.15) is 6.54 Å². The zero-order valence-electron chi connectivity index (χ0n) is 20.7. The second-order valence-electron chi connectivity index (χ2n) is 10.1. The van der Waals surface area contributed by atoms with Gasteiger partial charge in [0.15, 0.2) is 6.10 Å². The fourth-order valence-corrected chi connectivity index (χ4v) is 3.86. The molecule has 2 atom stereocenters. The summed E-state index contributed by atoms with van der Waals surface area (Å²) in [6.07, 6.45) is 15.1. The summed E-state index contributed by atoms with van der Waals surface area (Å²) in [7, 11) is 5.84. The lowest BCUT2D eigenvalue weighted by Gasteiger charge is -2.28. The molecular weight excluding hydrogens is 394 g/mol. The normalized spacial score (nSPS) is 13.7. The van der Waals surface area contributed by atoms with Gasteiger partial charge < -0.3 is 19.4 Å². The van der Waals surface area contributed by atoms with Crippen LogP contribution >= 0.6 is 0 Å². The van der Waals surface area contributed by atoms with Crippen LogP contribution in [-0.4, -0.2) is 66.5 Å². The SMILES string of the molecule is CCCCCCCCCCCC(O)CCCCCC(=O)OC(CC(=O)O)C[N+](C)(C)C. The van der Waals surface area contributed by atoms with E-state index in [0.29, 0.717) is 23.9 Å². The summed E-state index contributed by atoms with van der Waals surface area (Å²) in [5, 5.41) is 19.1. The number of carboxylic acid groups (broad SMARTS) is 1. The average Bonchev–Trinajstić information content (AvgIpc) is 2.64. The lowest BCUT2D eigenvalue weighted by Crippen LogP contribution is -2.43. The van der Waals surface area contributed by atoms with Crippen LogP contribution in [0.15, 0.2) is 0 Å². The van der Waals surface area contributed by atoms with Crippen LogP contribution in [0.1, 0.15) is 110 Å². The lowest BCUT2D eigenvalue weighted by atomic mass is 10.0. The van der Waals surface area contributed by atoms with Crippen molar-refractivity contribution in [1.29, 1.82) is 0 Å². The van der Waals surface area contributed by atoms with Crippen LogP contribution in [0.4, 0.5) is 0 Å². The van der Waals surface area contributed by atoms with E-state index < -0.39 is 12.1 Å². The highest BCUT2D eigenvalue weighted by Crippen LogP contribution is 2.15. The number of likely N-dealkylation sites (N-methyl/N-ethyl adjacent to an activating group) is 1. The van der Waals surface area contributed by atoms with Crippen molar-refractivity contribution in [2.45, 2.75) is 122 Å². The maximum Gasteiger partial charge on any atom is 0.307 e. The van der Waals surface area contributed by atoms with E-state index in [1.54, 1.807) is 0 Å². The number of carboxylic acids is 1. The Bertz CT molecular complexity index is 461. The van der Waals surface area contributed by atoms with Gasteiger partial charge in [-0.25, -0.2) is 0 Å². The maximum absolute atomic E-state index is 12.0. The third-order valence-corrected chi connectivity index (χ3v) is 5.51. The molecule has 0 rings (SSSR count). The summed E-state index contributed by atoms with van der Waals surface area (Å²) in [6.45, 7) is 2.72. The Morgan fingerprint density at radius 3 is 1.77 bits per heavy atom. The fraction of sp³-hybridized carbons (Fsp3) is 0.920. The number of unbranched alkanes of at least 4 members (excludes halogenated alkanes) is 10. The lowest BCUT2D eigenvalue weighted by molar-refractivity contribution is -0.873. The number of aliphatic hydroxyl groups is 1. The third-order valence-electron chi connectivity index (χ3n) is 5.51. The predicted octanol–water partition coefficient (Wildman–Crippen LogP) is 5.31. The Morgan fingerprint density at radius 1 is 0.806 bits per heavy atom. The standard InChI is InChI=1S/C25H49NO5/c1-5-6-7-8-9-10-11-12-14-17-22(27)18-15-13-16-19-25(30)31-23(20-24(28)29)21-26(2,3)4/h22-23,27H,5-21H2,1-4H3/p+1. The number of carbonyl (C=O) groups is 2. The molecule has 2 unspecified atom stereocenters. The van der Waals surface area contributed by atoms with Gasteiger partial charge >= 0.3 is 11.9 Å². The van der Waals surface area contributed by atoms with Gasteiger partial charge in [-0.15, -0.1) is 0 Å². The number of aliphatic carboxylic acids is 1. The van der Waals surface area contributed by atoms with Crippen molar-refractivity contribution in [2.75, 3.05) is 27.7 Å². The number of carbonyl (C=O) groups excluding carboxylic acids is 1. The van der Waals surface area contributed by atoms with Crippen molar-refractivity contribution in [3.63, 3.8) is 0 Å². The Hall–Kier alpha value is -1.14. The van der Waals surface area contributed by atoms with Crippen LogP contribution in [-0.2, 0) is 14.3 Å². The molecule has 2 N–H and O–H groups in total. The molecule has 0 radical (unpaired) electrons. The van der Waals surface area contributed by atoms with Gasteiger partial charge in [0.05, 0.1) is 33.7 Å². The number of ether oxygens (including phenoxy) is 1. The molecule has 0 aromatic heterocycles.